The number of ether oxygens (including phenoxy) is 1. The Hall–Kier alpha value is -2.33. The molecule has 1 N–H and O–H groups in total. The summed E-state index contributed by atoms with van der Waals surface area (Å²) in [5.41, 5.74) is 5.22. The molecule has 4 nitrogen and oxygen atoms in total. The number of aromatic nitrogens is 2. The van der Waals surface area contributed by atoms with Crippen molar-refractivity contribution >= 4 is 16.7 Å². The van der Waals surface area contributed by atoms with E-state index in [-0.39, 0.29) is 0 Å². The standard InChI is InChI=1S/C24H29N3O/c1-2-7-23(27-13-4-14-27)21(5-1)19-10-8-18(9-11-19)16-28-17-20-15-26-24-22(20)6-3-12-25-24/h1-3,5-7,12,15,18-19H,4,8-11,13-14,16-17H2,(H,25,26). The Balaban J connectivity index is 1.14. The highest BCUT2D eigenvalue weighted by Gasteiger charge is 2.26. The number of para-hydroxylation sites is 1. The lowest BCUT2D eigenvalue weighted by Gasteiger charge is -2.37. The van der Waals surface area contributed by atoms with Crippen LogP contribution in [0.1, 0.15) is 49.1 Å². The Morgan fingerprint density at radius 1 is 1.04 bits per heavy atom. The molecule has 1 saturated carbocycles. The van der Waals surface area contributed by atoms with Crippen molar-refractivity contribution in [2.45, 2.75) is 44.6 Å². The van der Waals surface area contributed by atoms with E-state index in [4.69, 9.17) is 4.74 Å². The molecule has 0 spiro atoms. The minimum absolute atomic E-state index is 0.670. The van der Waals surface area contributed by atoms with Gasteiger partial charge in [-0.2, -0.15) is 0 Å². The van der Waals surface area contributed by atoms with Gasteiger partial charge in [0.1, 0.15) is 5.65 Å². The van der Waals surface area contributed by atoms with Gasteiger partial charge in [-0.15, -0.1) is 0 Å². The number of rotatable bonds is 6. The summed E-state index contributed by atoms with van der Waals surface area (Å²) in [4.78, 5) is 10.1. The molecule has 0 bridgehead atoms. The quantitative estimate of drug-likeness (QED) is 0.639. The van der Waals surface area contributed by atoms with Gasteiger partial charge in [-0.1, -0.05) is 18.2 Å². The zero-order chi connectivity index (χ0) is 18.8. The first-order chi connectivity index (χ1) is 13.9. The second kappa shape index (κ2) is 7.96. The number of pyridine rings is 1. The summed E-state index contributed by atoms with van der Waals surface area (Å²) >= 11 is 0. The molecule has 1 saturated heterocycles. The molecule has 1 aliphatic carbocycles. The van der Waals surface area contributed by atoms with E-state index in [2.05, 4.69) is 45.2 Å². The van der Waals surface area contributed by atoms with Crippen molar-refractivity contribution in [1.82, 2.24) is 9.97 Å². The molecule has 2 aromatic heterocycles. The van der Waals surface area contributed by atoms with Crippen molar-refractivity contribution in [1.29, 1.82) is 0 Å². The van der Waals surface area contributed by atoms with Gasteiger partial charge in [0, 0.05) is 48.7 Å². The maximum absolute atomic E-state index is 6.10. The van der Waals surface area contributed by atoms with Gasteiger partial charge in [0.2, 0.25) is 0 Å². The number of benzene rings is 1. The second-order valence-electron chi connectivity index (χ2n) is 8.35. The van der Waals surface area contributed by atoms with Gasteiger partial charge in [0.05, 0.1) is 6.61 Å². The Morgan fingerprint density at radius 3 is 2.71 bits per heavy atom. The van der Waals surface area contributed by atoms with Crippen molar-refractivity contribution in [3.63, 3.8) is 0 Å². The molecule has 1 aromatic carbocycles. The normalized spacial score (nSPS) is 22.4. The number of H-pyrrole nitrogens is 1. The summed E-state index contributed by atoms with van der Waals surface area (Å²) in [5.74, 6) is 1.41. The number of nitrogens with one attached hydrogen (secondary N) is 1. The molecule has 0 amide bonds. The molecule has 3 aromatic rings. The first kappa shape index (κ1) is 17.7. The van der Waals surface area contributed by atoms with Crippen molar-refractivity contribution < 1.29 is 4.74 Å². The van der Waals surface area contributed by atoms with Gasteiger partial charge < -0.3 is 14.6 Å². The first-order valence-corrected chi connectivity index (χ1v) is 10.7. The first-order valence-electron chi connectivity index (χ1n) is 10.7. The van der Waals surface area contributed by atoms with E-state index in [0.29, 0.717) is 18.4 Å². The molecule has 5 rings (SSSR count). The fourth-order valence-corrected chi connectivity index (χ4v) is 4.79. The van der Waals surface area contributed by atoms with Gasteiger partial charge in [0.25, 0.3) is 0 Å². The van der Waals surface area contributed by atoms with Crippen molar-refractivity contribution in [3.8, 4) is 0 Å². The van der Waals surface area contributed by atoms with Crippen molar-refractivity contribution in [2.75, 3.05) is 24.6 Å². The predicted octanol–water partition coefficient (Wildman–Crippen LogP) is 5.26. The van der Waals surface area contributed by atoms with Crippen LogP contribution in [0.4, 0.5) is 5.69 Å². The predicted molar refractivity (Wildman–Crippen MR) is 114 cm³/mol. The number of anilines is 1. The van der Waals surface area contributed by atoms with Crippen LogP contribution >= 0.6 is 0 Å². The Bertz CT molecular complexity index is 922. The van der Waals surface area contributed by atoms with Crippen LogP contribution in [0.3, 0.4) is 0 Å². The average Bonchev–Trinajstić information content (AvgIpc) is 3.11. The zero-order valence-corrected chi connectivity index (χ0v) is 16.4. The van der Waals surface area contributed by atoms with Crippen LogP contribution in [-0.4, -0.2) is 29.7 Å². The van der Waals surface area contributed by atoms with E-state index in [1.165, 1.54) is 61.8 Å². The third-order valence-electron chi connectivity index (χ3n) is 6.57. The van der Waals surface area contributed by atoms with E-state index in [0.717, 1.165) is 12.3 Å². The summed E-state index contributed by atoms with van der Waals surface area (Å²) in [5, 5.41) is 1.17. The van der Waals surface area contributed by atoms with Gasteiger partial charge in [-0.25, -0.2) is 4.98 Å². The number of hydrogen-bond acceptors (Lipinski definition) is 3. The van der Waals surface area contributed by atoms with E-state index in [1.807, 2.05) is 18.5 Å². The van der Waals surface area contributed by atoms with Crippen LogP contribution in [0.2, 0.25) is 0 Å². The largest absolute Gasteiger partial charge is 0.376 e. The highest BCUT2D eigenvalue weighted by atomic mass is 16.5. The number of fused-ring (bicyclic) bond motifs is 1. The third kappa shape index (κ3) is 3.53. The van der Waals surface area contributed by atoms with Crippen LogP contribution in [0.15, 0.2) is 48.8 Å². The Kier molecular flexibility index (Phi) is 5.05. The minimum Gasteiger partial charge on any atom is -0.376 e. The monoisotopic (exact) mass is 375 g/mol. The van der Waals surface area contributed by atoms with E-state index >= 15 is 0 Å². The van der Waals surface area contributed by atoms with E-state index in [1.54, 1.807) is 5.56 Å². The van der Waals surface area contributed by atoms with Gasteiger partial charge in [-0.3, -0.25) is 0 Å². The molecule has 0 atom stereocenters. The third-order valence-corrected chi connectivity index (χ3v) is 6.57. The van der Waals surface area contributed by atoms with Crippen molar-refractivity contribution in [3.05, 3.63) is 59.9 Å². The van der Waals surface area contributed by atoms with Crippen LogP contribution in [0.5, 0.6) is 0 Å². The second-order valence-corrected chi connectivity index (χ2v) is 8.35. The van der Waals surface area contributed by atoms with Crippen LogP contribution < -0.4 is 4.90 Å². The fraction of sp³-hybridized carbons (Fsp3) is 0.458. The fourth-order valence-electron chi connectivity index (χ4n) is 4.79. The van der Waals surface area contributed by atoms with Crippen molar-refractivity contribution in [2.24, 2.45) is 5.92 Å². The SMILES string of the molecule is c1ccc(N2CCC2)c(C2CCC(COCc3c[nH]c4ncccc34)CC2)c1. The molecular weight excluding hydrogens is 346 g/mol. The van der Waals surface area contributed by atoms with Gasteiger partial charge in [0.15, 0.2) is 0 Å². The van der Waals surface area contributed by atoms with Crippen LogP contribution in [-0.2, 0) is 11.3 Å². The summed E-state index contributed by atoms with van der Waals surface area (Å²) < 4.78 is 6.10. The number of aromatic amines is 1. The summed E-state index contributed by atoms with van der Waals surface area (Å²) in [6, 6.07) is 13.2. The molecule has 28 heavy (non-hydrogen) atoms. The summed E-state index contributed by atoms with van der Waals surface area (Å²) in [6.07, 6.45) is 10.3. The molecule has 3 heterocycles. The molecule has 2 fully saturated rings. The topological polar surface area (TPSA) is 41.1 Å². The minimum atomic E-state index is 0.670. The summed E-state index contributed by atoms with van der Waals surface area (Å²) in [6.45, 7) is 3.99. The lowest BCUT2D eigenvalue weighted by Crippen LogP contribution is -2.38. The maximum atomic E-state index is 6.10. The summed E-state index contributed by atoms with van der Waals surface area (Å²) in [7, 11) is 0. The average molecular weight is 376 g/mol. The molecule has 2 aliphatic rings. The van der Waals surface area contributed by atoms with E-state index < -0.39 is 0 Å². The molecule has 4 heteroatoms. The van der Waals surface area contributed by atoms with Crippen LogP contribution in [0, 0.1) is 5.92 Å². The smallest absolute Gasteiger partial charge is 0.137 e. The highest BCUT2D eigenvalue weighted by molar-refractivity contribution is 5.79. The number of nitrogens with zero attached hydrogens (tertiary/aromatic N) is 2. The molecule has 146 valence electrons. The molecule has 1 aliphatic heterocycles. The van der Waals surface area contributed by atoms with Gasteiger partial charge >= 0.3 is 0 Å². The molecular formula is C24H29N3O. The van der Waals surface area contributed by atoms with Gasteiger partial charge in [-0.05, 0) is 67.7 Å². The Morgan fingerprint density at radius 2 is 1.89 bits per heavy atom. The zero-order valence-electron chi connectivity index (χ0n) is 16.4. The van der Waals surface area contributed by atoms with Crippen LogP contribution in [0.25, 0.3) is 11.0 Å². The lowest BCUT2D eigenvalue weighted by molar-refractivity contribution is 0.0722. The van der Waals surface area contributed by atoms with E-state index in [9.17, 15) is 0 Å². The maximum Gasteiger partial charge on any atom is 0.137 e. The highest BCUT2D eigenvalue weighted by Crippen LogP contribution is 2.40. The molecule has 0 unspecified atom stereocenters. The number of hydrogen-bond donors (Lipinski definition) is 1. The molecule has 0 radical (unpaired) electrons. The Labute approximate surface area is 166 Å². The lowest BCUT2D eigenvalue weighted by atomic mass is 9.78.